The number of nitrogens with one attached hydrogen (secondary N) is 1. The number of hydrogen-bond donors (Lipinski definition) is 1. The average Bonchev–Trinajstić information content (AvgIpc) is 3.43. The van der Waals surface area contributed by atoms with E-state index in [1.54, 1.807) is 24.3 Å². The summed E-state index contributed by atoms with van der Waals surface area (Å²) in [6.45, 7) is 3.29. The molecule has 0 spiro atoms. The van der Waals surface area contributed by atoms with E-state index in [-0.39, 0.29) is 36.5 Å². The highest BCUT2D eigenvalue weighted by Crippen LogP contribution is 2.33. The minimum atomic E-state index is -0.343. The summed E-state index contributed by atoms with van der Waals surface area (Å²) < 4.78 is 10.3. The maximum Gasteiger partial charge on any atom is 0.306 e. The van der Waals surface area contributed by atoms with Gasteiger partial charge < -0.3 is 19.7 Å². The fourth-order valence-corrected chi connectivity index (χ4v) is 5.34. The van der Waals surface area contributed by atoms with Gasteiger partial charge in [-0.3, -0.25) is 14.4 Å². The minimum absolute atomic E-state index is 0.0294. The van der Waals surface area contributed by atoms with Gasteiger partial charge in [0, 0.05) is 42.4 Å². The zero-order chi connectivity index (χ0) is 26.2. The Morgan fingerprint density at radius 2 is 1.84 bits per heavy atom. The second kappa shape index (κ2) is 12.5. The number of amides is 2. The van der Waals surface area contributed by atoms with E-state index >= 15 is 0 Å². The lowest BCUT2D eigenvalue weighted by molar-refractivity contribution is -0.145. The third-order valence-corrected chi connectivity index (χ3v) is 7.37. The molecule has 1 N–H and O–H groups in total. The van der Waals surface area contributed by atoms with E-state index in [1.807, 2.05) is 48.5 Å². The number of carbonyl (C=O) groups excluding carboxylic acids is 3. The number of aromatic nitrogens is 1. The first-order chi connectivity index (χ1) is 18.0. The summed E-state index contributed by atoms with van der Waals surface area (Å²) in [5.74, 6) is 0.191. The van der Waals surface area contributed by atoms with Crippen molar-refractivity contribution in [1.82, 2.24) is 9.88 Å². The van der Waals surface area contributed by atoms with Gasteiger partial charge in [0.1, 0.15) is 11.4 Å². The third-order valence-electron chi connectivity index (χ3n) is 6.36. The zero-order valence-corrected chi connectivity index (χ0v) is 21.9. The van der Waals surface area contributed by atoms with Crippen molar-refractivity contribution >= 4 is 34.8 Å². The van der Waals surface area contributed by atoms with E-state index in [4.69, 9.17) is 9.47 Å². The standard InChI is InChI=1S/C28H31N3O5S/c1-3-36-26(33)12-11-25(32)31-15-13-20(14-16-31)28-30-24(18-37-28)27(34)29-23-17-21(35-2)9-10-22(23)19-7-5-4-6-8-19/h4-10,17-18,20H,3,11-16H2,1-2H3,(H,29,34). The topological polar surface area (TPSA) is 97.8 Å². The summed E-state index contributed by atoms with van der Waals surface area (Å²) in [7, 11) is 1.59. The molecule has 0 saturated carbocycles. The summed E-state index contributed by atoms with van der Waals surface area (Å²) in [6.07, 6.45) is 1.82. The molecule has 4 rings (SSSR count). The lowest BCUT2D eigenvalue weighted by Crippen LogP contribution is -2.38. The van der Waals surface area contributed by atoms with E-state index in [1.165, 1.54) is 11.3 Å². The number of methoxy groups -OCH3 is 1. The highest BCUT2D eigenvalue weighted by molar-refractivity contribution is 7.10. The Balaban J connectivity index is 1.37. The molecule has 1 aliphatic heterocycles. The van der Waals surface area contributed by atoms with E-state index < -0.39 is 0 Å². The van der Waals surface area contributed by atoms with Gasteiger partial charge in [-0.25, -0.2) is 4.98 Å². The molecule has 2 amide bonds. The van der Waals surface area contributed by atoms with Crippen molar-refractivity contribution in [2.75, 3.05) is 32.1 Å². The largest absolute Gasteiger partial charge is 0.497 e. The monoisotopic (exact) mass is 521 g/mol. The number of thiazole rings is 1. The molecule has 2 aromatic carbocycles. The van der Waals surface area contributed by atoms with Crippen LogP contribution in [-0.4, -0.2) is 54.5 Å². The van der Waals surface area contributed by atoms with Crippen molar-refractivity contribution < 1.29 is 23.9 Å². The van der Waals surface area contributed by atoms with Gasteiger partial charge in [-0.15, -0.1) is 11.3 Å². The lowest BCUT2D eigenvalue weighted by Gasteiger charge is -2.31. The van der Waals surface area contributed by atoms with E-state index in [9.17, 15) is 14.4 Å². The molecule has 194 valence electrons. The Kier molecular flexibility index (Phi) is 8.90. The SMILES string of the molecule is CCOC(=O)CCC(=O)N1CCC(c2nc(C(=O)Nc3cc(OC)ccc3-c3ccccc3)cs2)CC1. The van der Waals surface area contributed by atoms with Crippen LogP contribution in [0.15, 0.2) is 53.9 Å². The number of carbonyl (C=O) groups is 3. The normalized spacial score (nSPS) is 13.7. The zero-order valence-electron chi connectivity index (χ0n) is 21.1. The molecule has 0 unspecified atom stereocenters. The molecule has 0 bridgehead atoms. The van der Waals surface area contributed by atoms with Gasteiger partial charge >= 0.3 is 5.97 Å². The van der Waals surface area contributed by atoms with Crippen LogP contribution in [0.5, 0.6) is 5.75 Å². The number of likely N-dealkylation sites (tertiary alicyclic amines) is 1. The quantitative estimate of drug-likeness (QED) is 0.393. The van der Waals surface area contributed by atoms with Gasteiger partial charge in [0.25, 0.3) is 5.91 Å². The fourth-order valence-electron chi connectivity index (χ4n) is 4.37. The number of piperidine rings is 1. The van der Waals surface area contributed by atoms with Gasteiger partial charge in [0.05, 0.1) is 30.8 Å². The molecule has 1 fully saturated rings. The molecule has 3 aromatic rings. The highest BCUT2D eigenvalue weighted by Gasteiger charge is 2.27. The third kappa shape index (κ3) is 6.74. The Bertz CT molecular complexity index is 1240. The first-order valence-corrected chi connectivity index (χ1v) is 13.3. The highest BCUT2D eigenvalue weighted by atomic mass is 32.1. The predicted molar refractivity (Wildman–Crippen MR) is 143 cm³/mol. The van der Waals surface area contributed by atoms with Gasteiger partial charge in [-0.1, -0.05) is 30.3 Å². The second-order valence-electron chi connectivity index (χ2n) is 8.76. The van der Waals surface area contributed by atoms with Crippen molar-refractivity contribution in [3.63, 3.8) is 0 Å². The first kappa shape index (κ1) is 26.3. The van der Waals surface area contributed by atoms with Gasteiger partial charge in [-0.05, 0) is 37.5 Å². The Hall–Kier alpha value is -3.72. The molecule has 2 heterocycles. The van der Waals surface area contributed by atoms with E-state index in [0.717, 1.165) is 29.0 Å². The summed E-state index contributed by atoms with van der Waals surface area (Å²) >= 11 is 1.47. The van der Waals surface area contributed by atoms with Crippen LogP contribution in [0.2, 0.25) is 0 Å². The van der Waals surface area contributed by atoms with E-state index in [0.29, 0.717) is 36.8 Å². The molecule has 0 atom stereocenters. The lowest BCUT2D eigenvalue weighted by atomic mass is 9.97. The van der Waals surface area contributed by atoms with Crippen molar-refractivity contribution in [1.29, 1.82) is 0 Å². The Morgan fingerprint density at radius 1 is 1.08 bits per heavy atom. The average molecular weight is 522 g/mol. The number of anilines is 1. The van der Waals surface area contributed by atoms with E-state index in [2.05, 4.69) is 10.3 Å². The number of nitrogens with zero attached hydrogens (tertiary/aromatic N) is 2. The molecule has 0 radical (unpaired) electrons. The van der Waals surface area contributed by atoms with Crippen LogP contribution in [0.25, 0.3) is 11.1 Å². The Morgan fingerprint density at radius 3 is 2.54 bits per heavy atom. The number of rotatable bonds is 9. The molecular formula is C28H31N3O5S. The summed E-state index contributed by atoms with van der Waals surface area (Å²) in [5.41, 5.74) is 2.91. The second-order valence-corrected chi connectivity index (χ2v) is 9.65. The first-order valence-electron chi connectivity index (χ1n) is 12.4. The van der Waals surface area contributed by atoms with Crippen LogP contribution in [0, 0.1) is 0 Å². The van der Waals surface area contributed by atoms with Crippen LogP contribution < -0.4 is 10.1 Å². The maximum absolute atomic E-state index is 13.1. The molecule has 9 heteroatoms. The van der Waals surface area contributed by atoms with Crippen molar-refractivity contribution in [2.45, 2.75) is 38.5 Å². The van der Waals surface area contributed by atoms with Crippen LogP contribution in [0.3, 0.4) is 0 Å². The van der Waals surface area contributed by atoms with Crippen molar-refractivity contribution in [2.24, 2.45) is 0 Å². The molecule has 1 aliphatic rings. The number of esters is 1. The van der Waals surface area contributed by atoms with Gasteiger partial charge in [0.15, 0.2) is 0 Å². The van der Waals surface area contributed by atoms with Crippen molar-refractivity contribution in [3.8, 4) is 16.9 Å². The fraction of sp³-hybridized carbons (Fsp3) is 0.357. The van der Waals surface area contributed by atoms with Crippen LogP contribution >= 0.6 is 11.3 Å². The van der Waals surface area contributed by atoms with Crippen LogP contribution in [0.4, 0.5) is 5.69 Å². The summed E-state index contributed by atoms with van der Waals surface area (Å²) in [5, 5.41) is 5.69. The van der Waals surface area contributed by atoms with Gasteiger partial charge in [0.2, 0.25) is 5.91 Å². The number of benzene rings is 2. The number of hydrogen-bond acceptors (Lipinski definition) is 7. The molecule has 8 nitrogen and oxygen atoms in total. The summed E-state index contributed by atoms with van der Waals surface area (Å²) in [6, 6.07) is 15.5. The van der Waals surface area contributed by atoms with Crippen LogP contribution in [-0.2, 0) is 14.3 Å². The van der Waals surface area contributed by atoms with Crippen LogP contribution in [0.1, 0.15) is 54.0 Å². The summed E-state index contributed by atoms with van der Waals surface area (Å²) in [4.78, 5) is 43.5. The molecule has 1 aromatic heterocycles. The molecular weight excluding hydrogens is 490 g/mol. The minimum Gasteiger partial charge on any atom is -0.497 e. The molecule has 1 saturated heterocycles. The maximum atomic E-state index is 13.1. The molecule has 0 aliphatic carbocycles. The smallest absolute Gasteiger partial charge is 0.306 e. The molecule has 37 heavy (non-hydrogen) atoms. The van der Waals surface area contributed by atoms with Crippen molar-refractivity contribution in [3.05, 3.63) is 64.6 Å². The van der Waals surface area contributed by atoms with Gasteiger partial charge in [-0.2, -0.15) is 0 Å². The predicted octanol–water partition coefficient (Wildman–Crippen LogP) is 5.12. The Labute approximate surface area is 220 Å². The number of ether oxygens (including phenoxy) is 2.